The van der Waals surface area contributed by atoms with Gasteiger partial charge >= 0.3 is 5.97 Å². The summed E-state index contributed by atoms with van der Waals surface area (Å²) in [4.78, 5) is 22.5. The molecule has 17 heavy (non-hydrogen) atoms. The number of carbonyl (C=O) groups is 2. The highest BCUT2D eigenvalue weighted by atomic mass is 16.5. The van der Waals surface area contributed by atoms with Crippen molar-refractivity contribution in [2.24, 2.45) is 0 Å². The second-order valence-corrected chi connectivity index (χ2v) is 3.36. The lowest BCUT2D eigenvalue weighted by Crippen LogP contribution is -2.09. The molecule has 0 aromatic heterocycles. The maximum Gasteiger partial charge on any atom is 0.313 e. The van der Waals surface area contributed by atoms with Crippen molar-refractivity contribution in [1.29, 1.82) is 0 Å². The number of esters is 1. The number of hydrogen-bond acceptors (Lipinski definition) is 3. The van der Waals surface area contributed by atoms with Crippen LogP contribution >= 0.6 is 0 Å². The van der Waals surface area contributed by atoms with Gasteiger partial charge in [-0.05, 0) is 11.6 Å². The first-order valence-corrected chi connectivity index (χ1v) is 5.25. The Morgan fingerprint density at radius 3 is 2.59 bits per heavy atom. The molecular weight excluding hydrogens is 216 g/mol. The molecule has 3 nitrogen and oxygen atoms in total. The van der Waals surface area contributed by atoms with E-state index in [4.69, 9.17) is 4.74 Å². The van der Waals surface area contributed by atoms with E-state index in [0.717, 1.165) is 5.56 Å². The van der Waals surface area contributed by atoms with Crippen molar-refractivity contribution >= 4 is 17.8 Å². The quantitative estimate of drug-likeness (QED) is 0.326. The Bertz CT molecular complexity index is 418. The van der Waals surface area contributed by atoms with Crippen LogP contribution in [0.15, 0.2) is 49.1 Å². The van der Waals surface area contributed by atoms with E-state index in [1.807, 2.05) is 30.3 Å². The summed E-state index contributed by atoms with van der Waals surface area (Å²) in [7, 11) is 0. The molecule has 0 aliphatic carbocycles. The zero-order chi connectivity index (χ0) is 12.5. The van der Waals surface area contributed by atoms with Crippen molar-refractivity contribution in [3.05, 3.63) is 54.6 Å². The first-order valence-electron chi connectivity index (χ1n) is 5.25. The van der Waals surface area contributed by atoms with Gasteiger partial charge in [0, 0.05) is 0 Å². The minimum absolute atomic E-state index is 0.133. The van der Waals surface area contributed by atoms with Crippen LogP contribution in [-0.4, -0.2) is 18.4 Å². The number of hydrogen-bond donors (Lipinski definition) is 0. The second kappa shape index (κ2) is 7.17. The van der Waals surface area contributed by atoms with Crippen LogP contribution in [0.5, 0.6) is 0 Å². The predicted molar refractivity (Wildman–Crippen MR) is 66.3 cm³/mol. The fourth-order valence-electron chi connectivity index (χ4n) is 1.16. The molecule has 1 aromatic carbocycles. The average molecular weight is 230 g/mol. The van der Waals surface area contributed by atoms with E-state index in [1.54, 1.807) is 6.08 Å². The van der Waals surface area contributed by atoms with Crippen LogP contribution in [0.3, 0.4) is 0 Å². The molecule has 0 saturated heterocycles. The van der Waals surface area contributed by atoms with Gasteiger partial charge in [0.1, 0.15) is 13.0 Å². The topological polar surface area (TPSA) is 43.4 Å². The van der Waals surface area contributed by atoms with Gasteiger partial charge in [0.05, 0.1) is 0 Å². The van der Waals surface area contributed by atoms with Crippen LogP contribution < -0.4 is 0 Å². The lowest BCUT2D eigenvalue weighted by molar-refractivity contribution is -0.144. The van der Waals surface area contributed by atoms with E-state index in [9.17, 15) is 9.59 Å². The number of benzene rings is 1. The van der Waals surface area contributed by atoms with Gasteiger partial charge in [-0.25, -0.2) is 0 Å². The van der Waals surface area contributed by atoms with Crippen LogP contribution in [0, 0.1) is 0 Å². The first kappa shape index (κ1) is 12.9. The number of ketones is 1. The smallest absolute Gasteiger partial charge is 0.313 e. The number of ether oxygens (including phenoxy) is 1. The van der Waals surface area contributed by atoms with E-state index >= 15 is 0 Å². The van der Waals surface area contributed by atoms with E-state index in [2.05, 4.69) is 6.58 Å². The molecule has 0 atom stereocenters. The summed E-state index contributed by atoms with van der Waals surface area (Å²) in [5.74, 6) is -0.810. The molecule has 0 aliphatic heterocycles. The molecule has 1 rings (SSSR count). The highest BCUT2D eigenvalue weighted by Gasteiger charge is 2.06. The maximum absolute atomic E-state index is 11.4. The zero-order valence-corrected chi connectivity index (χ0v) is 9.46. The minimum Gasteiger partial charge on any atom is -0.461 e. The van der Waals surface area contributed by atoms with Crippen molar-refractivity contribution in [1.82, 2.24) is 0 Å². The largest absolute Gasteiger partial charge is 0.461 e. The fraction of sp³-hybridized carbons (Fsp3) is 0.143. The van der Waals surface area contributed by atoms with Crippen molar-refractivity contribution in [3.63, 3.8) is 0 Å². The maximum atomic E-state index is 11.4. The van der Waals surface area contributed by atoms with Crippen LogP contribution in [0.25, 0.3) is 6.08 Å². The predicted octanol–water partition coefficient (Wildman–Crippen LogP) is 2.39. The van der Waals surface area contributed by atoms with Gasteiger partial charge in [0.15, 0.2) is 5.78 Å². The standard InChI is InChI=1S/C14H14O3/c1-2-10-17-14(16)11-13(15)9-8-12-6-4-3-5-7-12/h2-9H,1,10-11H2. The summed E-state index contributed by atoms with van der Waals surface area (Å²) in [6.45, 7) is 3.55. The molecule has 88 valence electrons. The van der Waals surface area contributed by atoms with E-state index < -0.39 is 5.97 Å². The average Bonchev–Trinajstić information content (AvgIpc) is 2.35. The minimum atomic E-state index is -0.535. The fourth-order valence-corrected chi connectivity index (χ4v) is 1.16. The zero-order valence-electron chi connectivity index (χ0n) is 9.46. The third-order valence-electron chi connectivity index (χ3n) is 1.94. The molecule has 0 fully saturated rings. The lowest BCUT2D eigenvalue weighted by Gasteiger charge is -1.98. The summed E-state index contributed by atoms with van der Waals surface area (Å²) < 4.78 is 4.70. The molecule has 0 aliphatic rings. The van der Waals surface area contributed by atoms with Gasteiger partial charge in [0.2, 0.25) is 0 Å². The molecule has 0 saturated carbocycles. The summed E-state index contributed by atoms with van der Waals surface area (Å²) in [5.41, 5.74) is 0.917. The monoisotopic (exact) mass is 230 g/mol. The second-order valence-electron chi connectivity index (χ2n) is 3.36. The van der Waals surface area contributed by atoms with Gasteiger partial charge < -0.3 is 4.74 Å². The van der Waals surface area contributed by atoms with Crippen molar-refractivity contribution < 1.29 is 14.3 Å². The third-order valence-corrected chi connectivity index (χ3v) is 1.94. The number of allylic oxidation sites excluding steroid dienone is 1. The Labute approximate surface area is 100 Å². The molecule has 0 bridgehead atoms. The van der Waals surface area contributed by atoms with Gasteiger partial charge in [-0.1, -0.05) is 49.1 Å². The van der Waals surface area contributed by atoms with Crippen LogP contribution in [-0.2, 0) is 14.3 Å². The molecule has 0 radical (unpaired) electrons. The van der Waals surface area contributed by atoms with Crippen LogP contribution in [0.2, 0.25) is 0 Å². The summed E-state index contributed by atoms with van der Waals surface area (Å²) >= 11 is 0. The molecule has 0 N–H and O–H groups in total. The Hall–Kier alpha value is -2.16. The Morgan fingerprint density at radius 2 is 1.94 bits per heavy atom. The van der Waals surface area contributed by atoms with E-state index in [0.29, 0.717) is 0 Å². The normalized spacial score (nSPS) is 10.1. The van der Waals surface area contributed by atoms with Crippen molar-refractivity contribution in [2.45, 2.75) is 6.42 Å². The number of carbonyl (C=O) groups excluding carboxylic acids is 2. The summed E-state index contributed by atoms with van der Waals surface area (Å²) in [6.07, 6.45) is 4.27. The summed E-state index contributed by atoms with van der Waals surface area (Å²) in [5, 5.41) is 0. The van der Waals surface area contributed by atoms with E-state index in [-0.39, 0.29) is 18.8 Å². The first-order chi connectivity index (χ1) is 8.22. The Balaban J connectivity index is 2.42. The van der Waals surface area contributed by atoms with Crippen molar-refractivity contribution in [3.8, 4) is 0 Å². The Kier molecular flexibility index (Phi) is 5.44. The molecule has 3 heteroatoms. The SMILES string of the molecule is C=CCOC(=O)CC(=O)C=Cc1ccccc1. The van der Waals surface area contributed by atoms with Gasteiger partial charge in [-0.2, -0.15) is 0 Å². The molecular formula is C14H14O3. The highest BCUT2D eigenvalue weighted by Crippen LogP contribution is 2.01. The molecule has 0 heterocycles. The molecule has 0 amide bonds. The highest BCUT2D eigenvalue weighted by molar-refractivity contribution is 6.03. The van der Waals surface area contributed by atoms with Crippen LogP contribution in [0.4, 0.5) is 0 Å². The van der Waals surface area contributed by atoms with Gasteiger partial charge in [-0.3, -0.25) is 9.59 Å². The van der Waals surface area contributed by atoms with Crippen molar-refractivity contribution in [2.75, 3.05) is 6.61 Å². The third kappa shape index (κ3) is 5.47. The van der Waals surface area contributed by atoms with Gasteiger partial charge in [0.25, 0.3) is 0 Å². The molecule has 0 unspecified atom stereocenters. The Morgan fingerprint density at radius 1 is 1.24 bits per heavy atom. The molecule has 0 spiro atoms. The lowest BCUT2D eigenvalue weighted by atomic mass is 10.2. The number of rotatable bonds is 6. The summed E-state index contributed by atoms with van der Waals surface area (Å²) in [6, 6.07) is 9.40. The molecule has 1 aromatic rings. The van der Waals surface area contributed by atoms with Crippen LogP contribution in [0.1, 0.15) is 12.0 Å². The van der Waals surface area contributed by atoms with Gasteiger partial charge in [-0.15, -0.1) is 0 Å². The van der Waals surface area contributed by atoms with E-state index in [1.165, 1.54) is 12.2 Å².